The molecule has 0 fully saturated rings. The van der Waals surface area contributed by atoms with E-state index >= 15 is 0 Å². The van der Waals surface area contributed by atoms with Crippen LogP contribution in [0.2, 0.25) is 0 Å². The lowest BCUT2D eigenvalue weighted by Gasteiger charge is -2.22. The van der Waals surface area contributed by atoms with E-state index in [1.807, 2.05) is 0 Å². The summed E-state index contributed by atoms with van der Waals surface area (Å²) in [5, 5.41) is 0. The number of nitrogens with zero attached hydrogens (tertiary/aromatic N) is 1. The lowest BCUT2D eigenvalue weighted by atomic mass is 9.86. The molecule has 0 amide bonds. The summed E-state index contributed by atoms with van der Waals surface area (Å²) in [4.78, 5) is 4.95. The van der Waals surface area contributed by atoms with E-state index in [-0.39, 0.29) is 6.10 Å². The Hall–Kier alpha value is -2.09. The zero-order valence-electron chi connectivity index (χ0n) is 20.0. The molecule has 0 N–H and O–H groups in total. The molecule has 1 aliphatic rings. The van der Waals surface area contributed by atoms with Gasteiger partial charge in [-0.1, -0.05) is 77.0 Å². The fourth-order valence-corrected chi connectivity index (χ4v) is 4.54. The molecule has 1 aliphatic carbocycles. The summed E-state index contributed by atoms with van der Waals surface area (Å²) < 4.78 is 6.44. The molecule has 0 spiro atoms. The quantitative estimate of drug-likeness (QED) is 0.432. The monoisotopic (exact) mass is 405 g/mol. The summed E-state index contributed by atoms with van der Waals surface area (Å²) in [6, 6.07) is 11.0. The Labute approximate surface area is 183 Å². The van der Waals surface area contributed by atoms with Crippen molar-refractivity contribution in [1.29, 1.82) is 0 Å². The van der Waals surface area contributed by atoms with Gasteiger partial charge in [-0.05, 0) is 54.9 Å². The smallest absolute Gasteiger partial charge is 0.217 e. The fourth-order valence-electron chi connectivity index (χ4n) is 4.54. The van der Waals surface area contributed by atoms with Crippen molar-refractivity contribution in [2.75, 3.05) is 0 Å². The molecule has 0 saturated heterocycles. The number of aryl methyl sites for hydroxylation is 2. The lowest BCUT2D eigenvalue weighted by molar-refractivity contribution is 0.202. The predicted octanol–water partition coefficient (Wildman–Crippen LogP) is 7.23. The van der Waals surface area contributed by atoms with Gasteiger partial charge in [0, 0.05) is 30.0 Å². The van der Waals surface area contributed by atoms with Crippen molar-refractivity contribution in [2.45, 2.75) is 86.2 Å². The van der Waals surface area contributed by atoms with Gasteiger partial charge >= 0.3 is 0 Å². The summed E-state index contributed by atoms with van der Waals surface area (Å²) in [5.41, 5.74) is 7.92. The van der Waals surface area contributed by atoms with Crippen LogP contribution in [0.5, 0.6) is 5.88 Å². The second-order valence-corrected chi connectivity index (χ2v) is 9.27. The van der Waals surface area contributed by atoms with Gasteiger partial charge in [0.15, 0.2) is 0 Å². The summed E-state index contributed by atoms with van der Waals surface area (Å²) in [6.45, 7) is 15.9. The Kier molecular flexibility index (Phi) is 7.39. The number of allylic oxidation sites excluding steroid dienone is 2. The maximum atomic E-state index is 6.44. The molecule has 0 bridgehead atoms. The Bertz CT molecular complexity index is 873. The number of pyridine rings is 1. The first-order valence-corrected chi connectivity index (χ1v) is 11.8. The third-order valence-corrected chi connectivity index (χ3v) is 7.18. The molecule has 3 rings (SSSR count). The molecule has 1 aromatic heterocycles. The van der Waals surface area contributed by atoms with Crippen LogP contribution in [0.4, 0.5) is 0 Å². The van der Waals surface area contributed by atoms with Gasteiger partial charge < -0.3 is 4.74 Å². The molecule has 3 unspecified atom stereocenters. The highest BCUT2D eigenvalue weighted by atomic mass is 16.5. The Morgan fingerprint density at radius 3 is 2.33 bits per heavy atom. The molecule has 2 heteroatoms. The molecule has 0 saturated carbocycles. The Morgan fingerprint density at radius 1 is 1.13 bits per heavy atom. The molecule has 2 aromatic rings. The van der Waals surface area contributed by atoms with Gasteiger partial charge in [0.25, 0.3) is 0 Å². The number of hydrogen-bond donors (Lipinski definition) is 0. The standard InChI is InChI=1S/C28H39NO/c1-8-18(3)19(4)14-20(5)21(6)27-17-23(9-2)28(29-22(27)7)30-26-15-24-12-10-11-13-25(24)16-26/h10-14,17-19,21,26H,8-9,15-16H2,1-7H3. The van der Waals surface area contributed by atoms with Crippen LogP contribution in [0.15, 0.2) is 42.0 Å². The van der Waals surface area contributed by atoms with Gasteiger partial charge in [0.1, 0.15) is 6.10 Å². The molecule has 0 aliphatic heterocycles. The second-order valence-electron chi connectivity index (χ2n) is 9.27. The molecule has 2 nitrogen and oxygen atoms in total. The van der Waals surface area contributed by atoms with Crippen molar-refractivity contribution >= 4 is 0 Å². The van der Waals surface area contributed by atoms with Gasteiger partial charge in [-0.3, -0.25) is 0 Å². The van der Waals surface area contributed by atoms with Crippen LogP contribution >= 0.6 is 0 Å². The third-order valence-electron chi connectivity index (χ3n) is 7.18. The average Bonchev–Trinajstić information content (AvgIpc) is 3.15. The van der Waals surface area contributed by atoms with Crippen molar-refractivity contribution in [2.24, 2.45) is 11.8 Å². The summed E-state index contributed by atoms with van der Waals surface area (Å²) >= 11 is 0. The molecule has 3 atom stereocenters. The predicted molar refractivity (Wildman–Crippen MR) is 127 cm³/mol. The zero-order valence-corrected chi connectivity index (χ0v) is 20.0. The molecule has 162 valence electrons. The van der Waals surface area contributed by atoms with Crippen molar-refractivity contribution in [3.63, 3.8) is 0 Å². The number of benzene rings is 1. The van der Waals surface area contributed by atoms with E-state index in [0.717, 1.165) is 30.8 Å². The normalized spacial score (nSPS) is 17.5. The fraction of sp³-hybridized carbons (Fsp3) is 0.536. The minimum absolute atomic E-state index is 0.195. The maximum Gasteiger partial charge on any atom is 0.217 e. The minimum Gasteiger partial charge on any atom is -0.473 e. The van der Waals surface area contributed by atoms with E-state index in [1.54, 1.807) is 0 Å². The molecule has 1 aromatic carbocycles. The SMILES string of the molecule is CCc1cc(C(C)C(C)=CC(C)C(C)CC)c(C)nc1OC1Cc2ccccc2C1. The van der Waals surface area contributed by atoms with E-state index < -0.39 is 0 Å². The summed E-state index contributed by atoms with van der Waals surface area (Å²) in [6.07, 6.45) is 6.77. The number of rotatable bonds is 8. The van der Waals surface area contributed by atoms with Crippen LogP contribution in [0, 0.1) is 18.8 Å². The van der Waals surface area contributed by atoms with Gasteiger partial charge in [-0.2, -0.15) is 0 Å². The topological polar surface area (TPSA) is 22.1 Å². The van der Waals surface area contributed by atoms with Crippen molar-refractivity contribution in [3.8, 4) is 5.88 Å². The van der Waals surface area contributed by atoms with Gasteiger partial charge in [0.05, 0.1) is 0 Å². The van der Waals surface area contributed by atoms with E-state index in [0.29, 0.717) is 17.8 Å². The maximum absolute atomic E-state index is 6.44. The Morgan fingerprint density at radius 2 is 1.77 bits per heavy atom. The van der Waals surface area contributed by atoms with Gasteiger partial charge in [-0.15, -0.1) is 0 Å². The van der Waals surface area contributed by atoms with Crippen LogP contribution in [-0.2, 0) is 19.3 Å². The largest absolute Gasteiger partial charge is 0.473 e. The number of ether oxygens (including phenoxy) is 1. The van der Waals surface area contributed by atoms with Crippen molar-refractivity contribution < 1.29 is 4.74 Å². The molecule has 1 heterocycles. The molecular weight excluding hydrogens is 366 g/mol. The van der Waals surface area contributed by atoms with E-state index in [2.05, 4.69) is 84.9 Å². The van der Waals surface area contributed by atoms with Crippen LogP contribution in [-0.4, -0.2) is 11.1 Å². The number of fused-ring (bicyclic) bond motifs is 1. The number of hydrogen-bond acceptors (Lipinski definition) is 2. The first-order chi connectivity index (χ1) is 14.3. The highest BCUT2D eigenvalue weighted by Gasteiger charge is 2.24. The molecule has 0 radical (unpaired) electrons. The summed E-state index contributed by atoms with van der Waals surface area (Å²) in [7, 11) is 0. The molecular formula is C28H39NO. The third kappa shape index (κ3) is 4.96. The summed E-state index contributed by atoms with van der Waals surface area (Å²) in [5.74, 6) is 2.52. The first kappa shape index (κ1) is 22.6. The van der Waals surface area contributed by atoms with Crippen LogP contribution in [0.3, 0.4) is 0 Å². The average molecular weight is 406 g/mol. The van der Waals surface area contributed by atoms with E-state index in [4.69, 9.17) is 9.72 Å². The van der Waals surface area contributed by atoms with E-state index in [9.17, 15) is 0 Å². The number of aromatic nitrogens is 1. The zero-order chi connectivity index (χ0) is 21.8. The minimum atomic E-state index is 0.195. The van der Waals surface area contributed by atoms with Crippen LogP contribution < -0.4 is 4.74 Å². The van der Waals surface area contributed by atoms with E-state index in [1.165, 1.54) is 34.2 Å². The lowest BCUT2D eigenvalue weighted by Crippen LogP contribution is -2.19. The first-order valence-electron chi connectivity index (χ1n) is 11.8. The van der Waals surface area contributed by atoms with Crippen LogP contribution in [0.25, 0.3) is 0 Å². The highest BCUT2D eigenvalue weighted by Crippen LogP contribution is 2.33. The highest BCUT2D eigenvalue weighted by molar-refractivity contribution is 5.40. The van der Waals surface area contributed by atoms with Crippen molar-refractivity contribution in [1.82, 2.24) is 4.98 Å². The van der Waals surface area contributed by atoms with Crippen molar-refractivity contribution in [3.05, 3.63) is 69.9 Å². The van der Waals surface area contributed by atoms with Gasteiger partial charge in [-0.25, -0.2) is 4.98 Å². The van der Waals surface area contributed by atoms with Crippen LogP contribution in [0.1, 0.15) is 81.8 Å². The Balaban J connectivity index is 1.79. The molecule has 30 heavy (non-hydrogen) atoms. The van der Waals surface area contributed by atoms with Gasteiger partial charge in [0.2, 0.25) is 5.88 Å². The second kappa shape index (κ2) is 9.81.